The summed E-state index contributed by atoms with van der Waals surface area (Å²) in [4.78, 5) is 18.1. The van der Waals surface area contributed by atoms with Gasteiger partial charge in [-0.05, 0) is 149 Å². The van der Waals surface area contributed by atoms with Gasteiger partial charge < -0.3 is 4.90 Å². The summed E-state index contributed by atoms with van der Waals surface area (Å²) in [6, 6.07) is 42.4. The molecule has 0 aromatic heterocycles. The molecule has 1 unspecified atom stereocenters. The highest BCUT2D eigenvalue weighted by Gasteiger charge is 2.18. The van der Waals surface area contributed by atoms with Crippen LogP contribution in [-0.4, -0.2) is 33.4 Å². The van der Waals surface area contributed by atoms with Crippen LogP contribution in [-0.2, 0) is 19.5 Å². The van der Waals surface area contributed by atoms with E-state index in [0.717, 1.165) is 53.4 Å². The fourth-order valence-electron chi connectivity index (χ4n) is 6.85. The molecule has 0 heterocycles. The molecule has 5 heteroatoms. The number of allylic oxidation sites excluding steroid dienone is 4. The summed E-state index contributed by atoms with van der Waals surface area (Å²) in [6.45, 7) is 26.7. The number of rotatable bonds is 12. The molecule has 0 aliphatic heterocycles. The van der Waals surface area contributed by atoms with Crippen LogP contribution in [0.25, 0.3) is 0 Å². The highest BCUT2D eigenvalue weighted by atomic mass is 15.1. The summed E-state index contributed by atoms with van der Waals surface area (Å²) in [7, 11) is 0. The number of anilines is 3. The molecule has 1 atom stereocenters. The number of nitrogens with zero attached hydrogens (tertiary/aromatic N) is 5. The highest BCUT2D eigenvalue weighted by Crippen LogP contribution is 2.40. The maximum Gasteiger partial charge on any atom is 0.0672 e. The zero-order chi connectivity index (χ0) is 43.4. The molecule has 2 aliphatic carbocycles. The maximum atomic E-state index is 4.25. The second-order valence-corrected chi connectivity index (χ2v) is 14.4. The van der Waals surface area contributed by atoms with E-state index >= 15 is 0 Å². The third kappa shape index (κ3) is 16.2. The normalized spacial score (nSPS) is 13.4. The Morgan fingerprint density at radius 2 is 1.17 bits per heavy atom. The van der Waals surface area contributed by atoms with Crippen molar-refractivity contribution < 1.29 is 0 Å². The number of aliphatic imine (C=N–C) groups is 4. The Morgan fingerprint density at radius 1 is 0.600 bits per heavy atom. The number of benzene rings is 5. The summed E-state index contributed by atoms with van der Waals surface area (Å²) in [5.74, 6) is 0.523. The molecule has 0 saturated carbocycles. The molecule has 0 fully saturated rings. The molecule has 312 valence electrons. The topological polar surface area (TPSA) is 52.7 Å². The van der Waals surface area contributed by atoms with Crippen molar-refractivity contribution in [2.75, 3.05) is 11.4 Å². The lowest BCUT2D eigenvalue weighted by molar-refractivity contribution is 0.654. The SMILES string of the molecule is C=NCC1=CCCC=C1.C=NCc1ccc(N(c2ccc(C3C=CCCC3)cc2)c2cc(N=C)c(C)cc2C)cc1.C=NCc1ccccc1.CC.CCc1ccccc1. The average Bonchev–Trinajstić information content (AvgIpc) is 3.31. The van der Waals surface area contributed by atoms with E-state index in [1.165, 1.54) is 59.9 Å². The van der Waals surface area contributed by atoms with E-state index in [2.05, 4.69) is 188 Å². The first-order chi connectivity index (χ1) is 29.4. The van der Waals surface area contributed by atoms with Crippen molar-refractivity contribution in [3.8, 4) is 0 Å². The number of hydrogen-bond donors (Lipinski definition) is 0. The predicted molar refractivity (Wildman–Crippen MR) is 267 cm³/mol. The van der Waals surface area contributed by atoms with Crippen LogP contribution >= 0.6 is 0 Å². The molecule has 5 nitrogen and oxygen atoms in total. The van der Waals surface area contributed by atoms with Gasteiger partial charge in [0.1, 0.15) is 0 Å². The summed E-state index contributed by atoms with van der Waals surface area (Å²) >= 11 is 0. The van der Waals surface area contributed by atoms with Crippen LogP contribution in [0.15, 0.2) is 177 Å². The van der Waals surface area contributed by atoms with Gasteiger partial charge in [-0.25, -0.2) is 0 Å². The minimum absolute atomic E-state index is 0.523. The Kier molecular flexibility index (Phi) is 22.7. The van der Waals surface area contributed by atoms with Gasteiger partial charge in [-0.15, -0.1) is 0 Å². The molecular weight excluding hydrogens is 731 g/mol. The summed E-state index contributed by atoms with van der Waals surface area (Å²) in [5.41, 5.74) is 13.0. The van der Waals surface area contributed by atoms with Crippen LogP contribution < -0.4 is 4.90 Å². The Hall–Kier alpha value is -6.20. The van der Waals surface area contributed by atoms with Crippen LogP contribution in [0.1, 0.15) is 92.2 Å². The van der Waals surface area contributed by atoms with Crippen LogP contribution in [0.5, 0.6) is 0 Å². The average molecular weight is 798 g/mol. The van der Waals surface area contributed by atoms with Gasteiger partial charge in [-0.3, -0.25) is 20.0 Å². The van der Waals surface area contributed by atoms with Crippen LogP contribution in [0.2, 0.25) is 0 Å². The summed E-state index contributed by atoms with van der Waals surface area (Å²) in [6.07, 6.45) is 18.4. The van der Waals surface area contributed by atoms with E-state index < -0.39 is 0 Å². The number of aryl methyl sites for hydroxylation is 3. The Balaban J connectivity index is 0.000000275. The Labute approximate surface area is 362 Å². The molecule has 0 amide bonds. The molecule has 0 N–H and O–H groups in total. The molecule has 7 rings (SSSR count). The molecular formula is C55H67N5. The van der Waals surface area contributed by atoms with Gasteiger partial charge in [0.05, 0.1) is 31.0 Å². The molecule has 2 aliphatic rings. The van der Waals surface area contributed by atoms with Crippen molar-refractivity contribution >= 4 is 49.6 Å². The largest absolute Gasteiger partial charge is 0.310 e. The van der Waals surface area contributed by atoms with Gasteiger partial charge in [-0.2, -0.15) is 0 Å². The molecule has 0 bridgehead atoms. The van der Waals surface area contributed by atoms with Gasteiger partial charge in [0, 0.05) is 17.3 Å². The third-order valence-corrected chi connectivity index (χ3v) is 10.0. The van der Waals surface area contributed by atoms with E-state index in [4.69, 9.17) is 0 Å². The molecule has 0 radical (unpaired) electrons. The monoisotopic (exact) mass is 798 g/mol. The first-order valence-electron chi connectivity index (χ1n) is 21.3. The van der Waals surface area contributed by atoms with Crippen LogP contribution in [0, 0.1) is 13.8 Å². The van der Waals surface area contributed by atoms with Crippen molar-refractivity contribution in [3.05, 3.63) is 191 Å². The number of hydrogen-bond acceptors (Lipinski definition) is 5. The van der Waals surface area contributed by atoms with Crippen molar-refractivity contribution in [2.24, 2.45) is 20.0 Å². The lowest BCUT2D eigenvalue weighted by atomic mass is 9.89. The minimum atomic E-state index is 0.523. The van der Waals surface area contributed by atoms with Gasteiger partial charge in [-0.1, -0.05) is 142 Å². The van der Waals surface area contributed by atoms with E-state index in [1.54, 1.807) is 0 Å². The van der Waals surface area contributed by atoms with Crippen LogP contribution in [0.4, 0.5) is 22.7 Å². The first kappa shape index (κ1) is 48.2. The lowest BCUT2D eigenvalue weighted by Crippen LogP contribution is -2.12. The van der Waals surface area contributed by atoms with E-state index in [-0.39, 0.29) is 0 Å². The second kappa shape index (κ2) is 28.3. The molecule has 0 spiro atoms. The fourth-order valence-corrected chi connectivity index (χ4v) is 6.85. The van der Waals surface area contributed by atoms with Crippen LogP contribution in [0.3, 0.4) is 0 Å². The summed E-state index contributed by atoms with van der Waals surface area (Å²) < 4.78 is 0. The maximum absolute atomic E-state index is 4.25. The van der Waals surface area contributed by atoms with Crippen molar-refractivity contribution in [2.45, 2.75) is 92.2 Å². The lowest BCUT2D eigenvalue weighted by Gasteiger charge is -2.28. The molecule has 5 aromatic carbocycles. The fraction of sp³-hybridized carbons (Fsp3) is 0.273. The quantitative estimate of drug-likeness (QED) is 0.0916. The van der Waals surface area contributed by atoms with Crippen molar-refractivity contribution in [1.29, 1.82) is 0 Å². The van der Waals surface area contributed by atoms with Gasteiger partial charge in [0.2, 0.25) is 0 Å². The minimum Gasteiger partial charge on any atom is -0.310 e. The zero-order valence-electron chi connectivity index (χ0n) is 36.9. The molecule has 5 aromatic rings. The third-order valence-electron chi connectivity index (χ3n) is 10.0. The van der Waals surface area contributed by atoms with E-state index in [1.807, 2.05) is 50.2 Å². The van der Waals surface area contributed by atoms with Gasteiger partial charge >= 0.3 is 0 Å². The van der Waals surface area contributed by atoms with Gasteiger partial charge in [0.25, 0.3) is 0 Å². The van der Waals surface area contributed by atoms with E-state index in [0.29, 0.717) is 12.5 Å². The summed E-state index contributed by atoms with van der Waals surface area (Å²) in [5, 5.41) is 0. The smallest absolute Gasteiger partial charge is 0.0672 e. The Bertz CT molecular complexity index is 2090. The predicted octanol–water partition coefficient (Wildman–Crippen LogP) is 15.3. The first-order valence-corrected chi connectivity index (χ1v) is 21.3. The Morgan fingerprint density at radius 3 is 1.65 bits per heavy atom. The van der Waals surface area contributed by atoms with Gasteiger partial charge in [0.15, 0.2) is 0 Å². The highest BCUT2D eigenvalue weighted by molar-refractivity contribution is 5.81. The second-order valence-electron chi connectivity index (χ2n) is 14.4. The molecule has 0 saturated heterocycles. The molecule has 60 heavy (non-hydrogen) atoms. The van der Waals surface area contributed by atoms with Crippen molar-refractivity contribution in [1.82, 2.24) is 0 Å². The van der Waals surface area contributed by atoms with E-state index in [9.17, 15) is 0 Å². The standard InChI is InChI=1S/C29H31N3.C8H11N.C8H9N.C8H10.C2H6/c1-21-18-22(2)29(19-28(21)31-4)32(26-14-10-23(11-15-26)20-30-3)27-16-12-25(13-17-27)24-8-6-5-7-9-24;2*1-9-7-8-5-3-2-4-6-8;1-2-8-6-4-3-5-7-8;1-2/h6,8,10-19,24H,3-5,7,9,20H2,1-2H3;3,5-6H,1-2,4,7H2;2-6H,1,7H2;3-7H,2H2,1H3;1-2H3. The zero-order valence-corrected chi connectivity index (χ0v) is 36.9. The van der Waals surface area contributed by atoms with Crippen molar-refractivity contribution in [3.63, 3.8) is 0 Å².